The van der Waals surface area contributed by atoms with E-state index in [1.165, 1.54) is 0 Å². The van der Waals surface area contributed by atoms with Crippen molar-refractivity contribution in [1.82, 2.24) is 14.9 Å². The van der Waals surface area contributed by atoms with E-state index in [2.05, 4.69) is 9.97 Å². The van der Waals surface area contributed by atoms with Gasteiger partial charge in [0.1, 0.15) is 19.0 Å². The van der Waals surface area contributed by atoms with Crippen molar-refractivity contribution < 1.29 is 14.3 Å². The lowest BCUT2D eigenvalue weighted by Crippen LogP contribution is -2.38. The molecule has 0 radical (unpaired) electrons. The highest BCUT2D eigenvalue weighted by molar-refractivity contribution is 5.98. The van der Waals surface area contributed by atoms with Gasteiger partial charge in [-0.2, -0.15) is 0 Å². The molecule has 0 atom stereocenters. The molecule has 1 aromatic heterocycles. The Morgan fingerprint density at radius 3 is 2.83 bits per heavy atom. The van der Waals surface area contributed by atoms with Gasteiger partial charge in [0.05, 0.1) is 5.56 Å². The number of piperidine rings is 1. The third-order valence-corrected chi connectivity index (χ3v) is 4.48. The van der Waals surface area contributed by atoms with Gasteiger partial charge in [-0.25, -0.2) is 4.98 Å². The third kappa shape index (κ3) is 2.65. The van der Waals surface area contributed by atoms with E-state index in [0.29, 0.717) is 36.2 Å². The fraction of sp³-hybridized carbons (Fsp3) is 0.412. The van der Waals surface area contributed by atoms with Crippen LogP contribution in [0.25, 0.3) is 0 Å². The van der Waals surface area contributed by atoms with Crippen LogP contribution in [0, 0.1) is 0 Å². The Kier molecular flexibility index (Phi) is 3.65. The zero-order chi connectivity index (χ0) is 15.6. The Hall–Kier alpha value is -2.50. The number of benzene rings is 1. The van der Waals surface area contributed by atoms with Gasteiger partial charge in [0.2, 0.25) is 0 Å². The van der Waals surface area contributed by atoms with Crippen molar-refractivity contribution in [3.05, 3.63) is 42.0 Å². The number of amides is 1. The van der Waals surface area contributed by atoms with Crippen LogP contribution in [0.4, 0.5) is 0 Å². The molecule has 2 aliphatic rings. The van der Waals surface area contributed by atoms with Crippen molar-refractivity contribution in [2.75, 3.05) is 26.3 Å². The fourth-order valence-corrected chi connectivity index (χ4v) is 3.27. The molecule has 1 fully saturated rings. The maximum atomic E-state index is 12.8. The standard InChI is InChI=1S/C17H19N3O3/c21-17(13-2-1-3-14-15(13)23-11-10-22-14)20-8-4-12(5-9-20)16-18-6-7-19-16/h1-3,6-7,12H,4-5,8-11H2,(H,18,19). The number of nitrogens with one attached hydrogen (secondary N) is 1. The van der Waals surface area contributed by atoms with Crippen molar-refractivity contribution in [2.45, 2.75) is 18.8 Å². The number of likely N-dealkylation sites (tertiary alicyclic amines) is 1. The summed E-state index contributed by atoms with van der Waals surface area (Å²) < 4.78 is 11.2. The summed E-state index contributed by atoms with van der Waals surface area (Å²) in [5.74, 6) is 2.68. The first-order valence-corrected chi connectivity index (χ1v) is 8.00. The molecule has 4 rings (SSSR count). The summed E-state index contributed by atoms with van der Waals surface area (Å²) in [6.45, 7) is 2.47. The monoisotopic (exact) mass is 313 g/mol. The molecule has 1 aromatic carbocycles. The predicted molar refractivity (Wildman–Crippen MR) is 83.9 cm³/mol. The molecule has 1 N–H and O–H groups in total. The number of H-pyrrole nitrogens is 1. The first-order chi connectivity index (χ1) is 11.3. The molecule has 3 heterocycles. The number of carbonyl (C=O) groups is 1. The lowest BCUT2D eigenvalue weighted by molar-refractivity contribution is 0.0701. The van der Waals surface area contributed by atoms with Gasteiger partial charge in [-0.15, -0.1) is 0 Å². The smallest absolute Gasteiger partial charge is 0.257 e. The maximum Gasteiger partial charge on any atom is 0.257 e. The van der Waals surface area contributed by atoms with Crippen molar-refractivity contribution in [2.24, 2.45) is 0 Å². The second-order valence-corrected chi connectivity index (χ2v) is 5.87. The molecule has 0 spiro atoms. The molecule has 1 amide bonds. The summed E-state index contributed by atoms with van der Waals surface area (Å²) in [7, 11) is 0. The van der Waals surface area contributed by atoms with E-state index in [1.807, 2.05) is 29.3 Å². The second-order valence-electron chi connectivity index (χ2n) is 5.87. The minimum atomic E-state index is 0.0187. The van der Waals surface area contributed by atoms with Crippen LogP contribution in [0.5, 0.6) is 11.5 Å². The molecule has 6 heteroatoms. The first-order valence-electron chi connectivity index (χ1n) is 8.00. The number of rotatable bonds is 2. The number of carbonyl (C=O) groups excluding carboxylic acids is 1. The van der Waals surface area contributed by atoms with Crippen LogP contribution in [0.2, 0.25) is 0 Å². The highest BCUT2D eigenvalue weighted by Gasteiger charge is 2.28. The normalized spacial score (nSPS) is 18.0. The van der Waals surface area contributed by atoms with Crippen LogP contribution >= 0.6 is 0 Å². The fourth-order valence-electron chi connectivity index (χ4n) is 3.27. The SMILES string of the molecule is O=C(c1cccc2c1OCCO2)N1CCC(c2ncc[nH]2)CC1. The molecule has 23 heavy (non-hydrogen) atoms. The maximum absolute atomic E-state index is 12.8. The van der Waals surface area contributed by atoms with Crippen molar-refractivity contribution in [3.8, 4) is 11.5 Å². The van der Waals surface area contributed by atoms with Crippen molar-refractivity contribution >= 4 is 5.91 Å². The summed E-state index contributed by atoms with van der Waals surface area (Å²) >= 11 is 0. The number of hydrogen-bond donors (Lipinski definition) is 1. The number of ether oxygens (including phenoxy) is 2. The van der Waals surface area contributed by atoms with E-state index in [-0.39, 0.29) is 5.91 Å². The van der Waals surface area contributed by atoms with E-state index in [4.69, 9.17) is 9.47 Å². The third-order valence-electron chi connectivity index (χ3n) is 4.48. The van der Waals surface area contributed by atoms with E-state index < -0.39 is 0 Å². The number of imidazole rings is 1. The molecule has 0 saturated carbocycles. The largest absolute Gasteiger partial charge is 0.486 e. The van der Waals surface area contributed by atoms with Crippen LogP contribution in [0.1, 0.15) is 34.9 Å². The van der Waals surface area contributed by atoms with Gasteiger partial charge < -0.3 is 19.4 Å². The van der Waals surface area contributed by atoms with Gasteiger partial charge in [0.25, 0.3) is 5.91 Å². The van der Waals surface area contributed by atoms with Crippen LogP contribution < -0.4 is 9.47 Å². The van der Waals surface area contributed by atoms with Gasteiger partial charge in [0.15, 0.2) is 11.5 Å². The molecule has 2 aromatic rings. The first kappa shape index (κ1) is 14.1. The Morgan fingerprint density at radius 2 is 2.04 bits per heavy atom. The van der Waals surface area contributed by atoms with Gasteiger partial charge in [-0.05, 0) is 25.0 Å². The molecule has 0 bridgehead atoms. The molecule has 1 saturated heterocycles. The number of nitrogens with zero attached hydrogens (tertiary/aromatic N) is 2. The van der Waals surface area contributed by atoms with E-state index in [0.717, 1.165) is 31.8 Å². The Bertz CT molecular complexity index is 691. The molecule has 0 unspecified atom stereocenters. The summed E-state index contributed by atoms with van der Waals surface area (Å²) in [5, 5.41) is 0. The highest BCUT2D eigenvalue weighted by atomic mass is 16.6. The second kappa shape index (κ2) is 5.95. The predicted octanol–water partition coefficient (Wildman–Crippen LogP) is 2.20. The summed E-state index contributed by atoms with van der Waals surface area (Å²) in [6.07, 6.45) is 5.47. The number of hydrogen-bond acceptors (Lipinski definition) is 4. The van der Waals surface area contributed by atoms with Gasteiger partial charge in [-0.1, -0.05) is 6.07 Å². The lowest BCUT2D eigenvalue weighted by Gasteiger charge is -2.32. The lowest BCUT2D eigenvalue weighted by atomic mass is 9.95. The Labute approximate surface area is 134 Å². The zero-order valence-corrected chi connectivity index (χ0v) is 12.8. The quantitative estimate of drug-likeness (QED) is 0.923. The summed E-state index contributed by atoms with van der Waals surface area (Å²) in [6, 6.07) is 5.50. The van der Waals surface area contributed by atoms with Crippen LogP contribution in [-0.2, 0) is 0 Å². The minimum Gasteiger partial charge on any atom is -0.486 e. The zero-order valence-electron chi connectivity index (χ0n) is 12.8. The topological polar surface area (TPSA) is 67.5 Å². The van der Waals surface area contributed by atoms with Crippen molar-refractivity contribution in [3.63, 3.8) is 0 Å². The van der Waals surface area contributed by atoms with Crippen LogP contribution in [0.3, 0.4) is 0 Å². The van der Waals surface area contributed by atoms with Gasteiger partial charge >= 0.3 is 0 Å². The summed E-state index contributed by atoms with van der Waals surface area (Å²) in [4.78, 5) is 22.2. The number of fused-ring (bicyclic) bond motifs is 1. The van der Waals surface area contributed by atoms with Crippen molar-refractivity contribution in [1.29, 1.82) is 0 Å². The van der Waals surface area contributed by atoms with Crippen LogP contribution in [-0.4, -0.2) is 47.1 Å². The molecule has 0 aliphatic carbocycles. The number of para-hydroxylation sites is 1. The number of aromatic nitrogens is 2. The average molecular weight is 313 g/mol. The highest BCUT2D eigenvalue weighted by Crippen LogP contribution is 2.35. The van der Waals surface area contributed by atoms with E-state index in [9.17, 15) is 4.79 Å². The van der Waals surface area contributed by atoms with Gasteiger partial charge in [0, 0.05) is 31.4 Å². The molecule has 2 aliphatic heterocycles. The average Bonchev–Trinajstić information content (AvgIpc) is 3.15. The Morgan fingerprint density at radius 1 is 1.22 bits per heavy atom. The molecular formula is C17H19N3O3. The van der Waals surface area contributed by atoms with Crippen LogP contribution in [0.15, 0.2) is 30.6 Å². The molecule has 6 nitrogen and oxygen atoms in total. The molecular weight excluding hydrogens is 294 g/mol. The number of aromatic amines is 1. The van der Waals surface area contributed by atoms with E-state index in [1.54, 1.807) is 6.20 Å². The Balaban J connectivity index is 1.48. The molecule has 120 valence electrons. The van der Waals surface area contributed by atoms with Gasteiger partial charge in [-0.3, -0.25) is 4.79 Å². The van der Waals surface area contributed by atoms with E-state index >= 15 is 0 Å². The minimum absolute atomic E-state index is 0.0187. The summed E-state index contributed by atoms with van der Waals surface area (Å²) in [5.41, 5.74) is 0.596.